The molecule has 0 aliphatic rings. The van der Waals surface area contributed by atoms with Gasteiger partial charge in [0.15, 0.2) is 6.10 Å². The summed E-state index contributed by atoms with van der Waals surface area (Å²) in [4.78, 5) is 35.7. The fourth-order valence-electron chi connectivity index (χ4n) is 2.96. The molecule has 1 N–H and O–H groups in total. The molecule has 0 radical (unpaired) electrons. The van der Waals surface area contributed by atoms with Gasteiger partial charge >= 0.3 is 18.0 Å². The molecule has 0 aromatic heterocycles. The molecule has 1 rings (SSSR count). The van der Waals surface area contributed by atoms with Crippen molar-refractivity contribution < 1.29 is 33.3 Å². The van der Waals surface area contributed by atoms with Crippen molar-refractivity contribution in [3.63, 3.8) is 0 Å². The maximum Gasteiger partial charge on any atom is 0.407 e. The summed E-state index contributed by atoms with van der Waals surface area (Å²) in [7, 11) is 0. The minimum absolute atomic E-state index is 0.0374. The van der Waals surface area contributed by atoms with Gasteiger partial charge in [-0.2, -0.15) is 0 Å². The molecule has 0 saturated heterocycles. The van der Waals surface area contributed by atoms with Crippen LogP contribution in [-0.2, 0) is 35.1 Å². The zero-order chi connectivity index (χ0) is 24.9. The van der Waals surface area contributed by atoms with Crippen molar-refractivity contribution in [2.45, 2.75) is 71.0 Å². The molecule has 0 saturated carbocycles. The average Bonchev–Trinajstić information content (AvgIpc) is 2.84. The van der Waals surface area contributed by atoms with E-state index in [0.29, 0.717) is 26.0 Å². The van der Waals surface area contributed by atoms with Crippen LogP contribution in [0, 0.1) is 0 Å². The molecule has 8 nitrogen and oxygen atoms in total. The van der Waals surface area contributed by atoms with Crippen molar-refractivity contribution in [2.75, 3.05) is 26.4 Å². The van der Waals surface area contributed by atoms with E-state index in [9.17, 15) is 14.4 Å². The number of amides is 1. The molecule has 0 heterocycles. The normalized spacial score (nSPS) is 11.3. The Morgan fingerprint density at radius 1 is 0.941 bits per heavy atom. The number of alkyl carbamates (subject to hydrolysis) is 1. The lowest BCUT2D eigenvalue weighted by molar-refractivity contribution is -0.162. The lowest BCUT2D eigenvalue weighted by Crippen LogP contribution is -2.29. The van der Waals surface area contributed by atoms with Crippen LogP contribution >= 0.6 is 0 Å². The molecule has 8 heteroatoms. The van der Waals surface area contributed by atoms with E-state index in [1.807, 2.05) is 30.3 Å². The van der Waals surface area contributed by atoms with Crippen molar-refractivity contribution in [3.05, 3.63) is 48.6 Å². The highest BCUT2D eigenvalue weighted by Crippen LogP contribution is 2.06. The highest BCUT2D eigenvalue weighted by atomic mass is 16.6. The molecule has 0 spiro atoms. The Hall–Kier alpha value is -2.87. The number of esters is 2. The maximum atomic E-state index is 12.0. The third-order valence-electron chi connectivity index (χ3n) is 4.79. The minimum Gasteiger partial charge on any atom is -0.462 e. The topological polar surface area (TPSA) is 100 Å². The monoisotopic (exact) mass is 477 g/mol. The summed E-state index contributed by atoms with van der Waals surface area (Å²) in [5.74, 6) is -0.669. The smallest absolute Gasteiger partial charge is 0.407 e. The van der Waals surface area contributed by atoms with Crippen LogP contribution in [-0.4, -0.2) is 50.5 Å². The standard InChI is InChI=1S/C26H39NO7/c1-3-5-8-16-25(29)34-23(20-31-18-4-2)21-32-24(28)15-11-7-12-17-27-26(30)33-19-22-13-9-6-10-14-22/h4,6,9-10,13-14,23H,2-3,5,7-8,11-12,15-21H2,1H3,(H,27,30). The number of unbranched alkanes of at least 4 members (excludes halogenated alkanes) is 4. The predicted molar refractivity (Wildman–Crippen MR) is 129 cm³/mol. The maximum absolute atomic E-state index is 12.0. The number of carbonyl (C=O) groups is 3. The Morgan fingerprint density at radius 3 is 2.41 bits per heavy atom. The summed E-state index contributed by atoms with van der Waals surface area (Å²) in [6, 6.07) is 9.46. The number of benzene rings is 1. The molecular formula is C26H39NO7. The third-order valence-corrected chi connectivity index (χ3v) is 4.79. The van der Waals surface area contributed by atoms with Gasteiger partial charge in [0.1, 0.15) is 13.2 Å². The van der Waals surface area contributed by atoms with Gasteiger partial charge in [0.05, 0.1) is 13.2 Å². The summed E-state index contributed by atoms with van der Waals surface area (Å²) < 4.78 is 21.2. The highest BCUT2D eigenvalue weighted by Gasteiger charge is 2.17. The lowest BCUT2D eigenvalue weighted by Gasteiger charge is -2.18. The number of hydrogen-bond donors (Lipinski definition) is 1. The molecule has 1 aromatic rings. The van der Waals surface area contributed by atoms with Gasteiger partial charge in [0, 0.05) is 19.4 Å². The Balaban J connectivity index is 2.14. The van der Waals surface area contributed by atoms with Crippen LogP contribution in [0.5, 0.6) is 0 Å². The van der Waals surface area contributed by atoms with Crippen LogP contribution in [0.2, 0.25) is 0 Å². The SMILES string of the molecule is C=CCOCC(COC(=O)CCCCCNC(=O)OCc1ccccc1)OC(=O)CCCCC. The number of rotatable bonds is 19. The lowest BCUT2D eigenvalue weighted by atomic mass is 10.2. The number of carbonyl (C=O) groups excluding carboxylic acids is 3. The van der Waals surface area contributed by atoms with Crippen LogP contribution in [0.15, 0.2) is 43.0 Å². The van der Waals surface area contributed by atoms with E-state index in [4.69, 9.17) is 18.9 Å². The van der Waals surface area contributed by atoms with Gasteiger partial charge < -0.3 is 24.3 Å². The zero-order valence-corrected chi connectivity index (χ0v) is 20.3. The van der Waals surface area contributed by atoms with Crippen LogP contribution < -0.4 is 5.32 Å². The Bertz CT molecular complexity index is 708. The van der Waals surface area contributed by atoms with Gasteiger partial charge in [-0.15, -0.1) is 6.58 Å². The third kappa shape index (κ3) is 15.9. The van der Waals surface area contributed by atoms with Crippen molar-refractivity contribution in [3.8, 4) is 0 Å². The van der Waals surface area contributed by atoms with Crippen molar-refractivity contribution in [1.29, 1.82) is 0 Å². The summed E-state index contributed by atoms with van der Waals surface area (Å²) in [5, 5.41) is 2.70. The molecule has 0 bridgehead atoms. The molecule has 1 unspecified atom stereocenters. The molecular weight excluding hydrogens is 438 g/mol. The first-order valence-corrected chi connectivity index (χ1v) is 12.0. The van der Waals surface area contributed by atoms with E-state index in [1.165, 1.54) is 0 Å². The Kier molecular flexibility index (Phi) is 16.8. The van der Waals surface area contributed by atoms with E-state index in [-0.39, 0.29) is 38.2 Å². The first-order chi connectivity index (χ1) is 16.5. The van der Waals surface area contributed by atoms with Gasteiger partial charge in [-0.3, -0.25) is 9.59 Å². The predicted octanol–water partition coefficient (Wildman–Crippen LogP) is 4.71. The van der Waals surface area contributed by atoms with E-state index < -0.39 is 12.2 Å². The Labute approximate surface area is 203 Å². The van der Waals surface area contributed by atoms with Crippen LogP contribution in [0.4, 0.5) is 4.79 Å². The fraction of sp³-hybridized carbons (Fsp3) is 0.577. The van der Waals surface area contributed by atoms with Crippen LogP contribution in [0.1, 0.15) is 63.9 Å². The van der Waals surface area contributed by atoms with Crippen LogP contribution in [0.3, 0.4) is 0 Å². The van der Waals surface area contributed by atoms with E-state index >= 15 is 0 Å². The quantitative estimate of drug-likeness (QED) is 0.133. The minimum atomic E-state index is -0.635. The van der Waals surface area contributed by atoms with E-state index in [2.05, 4.69) is 18.8 Å². The summed E-state index contributed by atoms with van der Waals surface area (Å²) in [6.07, 6.45) is 5.97. The first-order valence-electron chi connectivity index (χ1n) is 12.0. The molecule has 1 atom stereocenters. The Morgan fingerprint density at radius 2 is 1.68 bits per heavy atom. The second-order valence-corrected chi connectivity index (χ2v) is 7.88. The number of hydrogen-bond acceptors (Lipinski definition) is 7. The molecule has 1 aromatic carbocycles. The summed E-state index contributed by atoms with van der Waals surface area (Å²) in [5.41, 5.74) is 0.928. The van der Waals surface area contributed by atoms with Crippen LogP contribution in [0.25, 0.3) is 0 Å². The highest BCUT2D eigenvalue weighted by molar-refractivity contribution is 5.70. The second-order valence-electron chi connectivity index (χ2n) is 7.88. The molecule has 0 aliphatic carbocycles. The van der Waals surface area contributed by atoms with E-state index in [1.54, 1.807) is 6.08 Å². The fourth-order valence-corrected chi connectivity index (χ4v) is 2.96. The van der Waals surface area contributed by atoms with Gasteiger partial charge in [-0.25, -0.2) is 4.79 Å². The number of ether oxygens (including phenoxy) is 4. The average molecular weight is 478 g/mol. The van der Waals surface area contributed by atoms with Gasteiger partial charge in [0.2, 0.25) is 0 Å². The summed E-state index contributed by atoms with van der Waals surface area (Å²) >= 11 is 0. The first kappa shape index (κ1) is 29.2. The zero-order valence-electron chi connectivity index (χ0n) is 20.3. The van der Waals surface area contributed by atoms with Gasteiger partial charge in [-0.05, 0) is 24.8 Å². The van der Waals surface area contributed by atoms with E-state index in [0.717, 1.165) is 37.7 Å². The molecule has 0 aliphatic heterocycles. The second kappa shape index (κ2) is 19.6. The van der Waals surface area contributed by atoms with Crippen molar-refractivity contribution in [1.82, 2.24) is 5.32 Å². The molecule has 0 fully saturated rings. The summed E-state index contributed by atoms with van der Waals surface area (Å²) in [6.45, 7) is 6.78. The van der Waals surface area contributed by atoms with Crippen molar-refractivity contribution in [2.24, 2.45) is 0 Å². The van der Waals surface area contributed by atoms with Gasteiger partial charge in [-0.1, -0.05) is 62.6 Å². The molecule has 190 valence electrons. The molecule has 1 amide bonds. The molecule has 34 heavy (non-hydrogen) atoms. The number of nitrogens with one attached hydrogen (secondary N) is 1. The van der Waals surface area contributed by atoms with Crippen molar-refractivity contribution >= 4 is 18.0 Å². The van der Waals surface area contributed by atoms with Gasteiger partial charge in [0.25, 0.3) is 0 Å². The largest absolute Gasteiger partial charge is 0.462 e.